The lowest BCUT2D eigenvalue weighted by atomic mass is 9.96. The number of nitrogens with one attached hydrogen (secondary N) is 2. The maximum Gasteiger partial charge on any atom is 0.438 e. The van der Waals surface area contributed by atoms with Gasteiger partial charge in [-0.05, 0) is 57.0 Å². The molecule has 0 aliphatic heterocycles. The smallest absolute Gasteiger partial charge is 0.438 e. The highest BCUT2D eigenvalue weighted by molar-refractivity contribution is 7.89. The number of alkyl halides is 3. The van der Waals surface area contributed by atoms with E-state index in [4.69, 9.17) is 4.74 Å². The standard InChI is InChI=1S/C18H19F3N6O3S/c1-10-8-12(31(28,29)22-2)6-7-13(10)24-17-25-14-9-23-15(18(19,20)21)16(27(14)26-17)30-11-4-3-5-11/h6-9,11,22H,3-5H2,1-2H3,(H,24,26). The van der Waals surface area contributed by atoms with Crippen molar-refractivity contribution >= 4 is 27.3 Å². The number of sulfonamides is 1. The zero-order valence-corrected chi connectivity index (χ0v) is 17.4. The second-order valence-electron chi connectivity index (χ2n) is 7.10. The van der Waals surface area contributed by atoms with Crippen LogP contribution in [0, 0.1) is 6.92 Å². The Morgan fingerprint density at radius 3 is 2.58 bits per heavy atom. The van der Waals surface area contributed by atoms with Crippen molar-refractivity contribution in [1.29, 1.82) is 0 Å². The maximum absolute atomic E-state index is 13.4. The summed E-state index contributed by atoms with van der Waals surface area (Å²) in [6, 6.07) is 4.38. The maximum atomic E-state index is 13.4. The lowest BCUT2D eigenvalue weighted by Crippen LogP contribution is -2.27. The molecule has 0 bridgehead atoms. The van der Waals surface area contributed by atoms with E-state index in [-0.39, 0.29) is 22.6 Å². The Morgan fingerprint density at radius 2 is 2.00 bits per heavy atom. The molecule has 1 saturated carbocycles. The van der Waals surface area contributed by atoms with Crippen LogP contribution in [0.25, 0.3) is 5.65 Å². The van der Waals surface area contributed by atoms with Gasteiger partial charge in [0.2, 0.25) is 27.5 Å². The molecule has 0 spiro atoms. The van der Waals surface area contributed by atoms with Gasteiger partial charge in [-0.15, -0.1) is 5.10 Å². The summed E-state index contributed by atoms with van der Waals surface area (Å²) in [6.07, 6.45) is -1.85. The molecule has 0 unspecified atom stereocenters. The van der Waals surface area contributed by atoms with Crippen LogP contribution in [0.3, 0.4) is 0 Å². The van der Waals surface area contributed by atoms with E-state index in [9.17, 15) is 21.6 Å². The Hall–Kier alpha value is -2.93. The first-order valence-electron chi connectivity index (χ1n) is 9.39. The lowest BCUT2D eigenvalue weighted by Gasteiger charge is -2.27. The van der Waals surface area contributed by atoms with E-state index < -0.39 is 27.8 Å². The molecule has 1 aliphatic carbocycles. The highest BCUT2D eigenvalue weighted by atomic mass is 32.2. The van der Waals surface area contributed by atoms with Gasteiger partial charge in [0, 0.05) is 5.69 Å². The van der Waals surface area contributed by atoms with Crippen molar-refractivity contribution < 1.29 is 26.3 Å². The van der Waals surface area contributed by atoms with Gasteiger partial charge in [0.25, 0.3) is 0 Å². The van der Waals surface area contributed by atoms with Crippen LogP contribution < -0.4 is 14.8 Å². The summed E-state index contributed by atoms with van der Waals surface area (Å²) in [6.45, 7) is 1.68. The summed E-state index contributed by atoms with van der Waals surface area (Å²) < 4.78 is 73.0. The minimum Gasteiger partial charge on any atom is -0.473 e. The third-order valence-electron chi connectivity index (χ3n) is 4.96. The number of halogens is 3. The fourth-order valence-electron chi connectivity index (χ4n) is 3.02. The summed E-state index contributed by atoms with van der Waals surface area (Å²) in [5, 5.41) is 7.02. The molecular formula is C18H19F3N6O3S. The van der Waals surface area contributed by atoms with Gasteiger partial charge >= 0.3 is 6.18 Å². The van der Waals surface area contributed by atoms with E-state index in [0.717, 1.165) is 17.1 Å². The molecule has 9 nitrogen and oxygen atoms in total. The molecule has 1 fully saturated rings. The number of anilines is 2. The fourth-order valence-corrected chi connectivity index (χ4v) is 3.83. The first-order valence-corrected chi connectivity index (χ1v) is 10.9. The Kier molecular flexibility index (Phi) is 5.25. The first kappa shape index (κ1) is 21.3. The zero-order valence-electron chi connectivity index (χ0n) is 16.6. The molecule has 3 aromatic rings. The number of fused-ring (bicyclic) bond motifs is 1. The molecule has 0 saturated heterocycles. The topological polar surface area (TPSA) is 111 Å². The van der Waals surface area contributed by atoms with Crippen LogP contribution in [0.4, 0.5) is 24.8 Å². The van der Waals surface area contributed by atoms with E-state index in [2.05, 4.69) is 25.1 Å². The van der Waals surface area contributed by atoms with Crippen molar-refractivity contribution in [2.45, 2.75) is 43.4 Å². The first-order chi connectivity index (χ1) is 14.6. The van der Waals surface area contributed by atoms with Gasteiger partial charge < -0.3 is 10.1 Å². The average molecular weight is 456 g/mol. The molecule has 2 heterocycles. The highest BCUT2D eigenvalue weighted by Gasteiger charge is 2.39. The van der Waals surface area contributed by atoms with Crippen LogP contribution in [-0.2, 0) is 16.2 Å². The monoisotopic (exact) mass is 456 g/mol. The summed E-state index contributed by atoms with van der Waals surface area (Å²) in [7, 11) is -2.30. The average Bonchev–Trinajstić information content (AvgIpc) is 3.08. The number of benzene rings is 1. The summed E-state index contributed by atoms with van der Waals surface area (Å²) in [4.78, 5) is 7.75. The molecule has 0 amide bonds. The number of hydrogen-bond donors (Lipinski definition) is 2. The largest absolute Gasteiger partial charge is 0.473 e. The van der Waals surface area contributed by atoms with Crippen molar-refractivity contribution in [2.24, 2.45) is 0 Å². The van der Waals surface area contributed by atoms with Crippen LogP contribution >= 0.6 is 0 Å². The molecule has 1 aromatic carbocycles. The van der Waals surface area contributed by atoms with E-state index >= 15 is 0 Å². The van der Waals surface area contributed by atoms with Crippen LogP contribution in [0.5, 0.6) is 5.88 Å². The molecule has 2 aromatic heterocycles. The Labute approximate surface area is 175 Å². The normalized spacial score (nSPS) is 15.1. The minimum absolute atomic E-state index is 0.0203. The second kappa shape index (κ2) is 7.64. The Morgan fingerprint density at radius 1 is 1.26 bits per heavy atom. The van der Waals surface area contributed by atoms with Gasteiger partial charge in [0.15, 0.2) is 5.65 Å². The third-order valence-corrected chi connectivity index (χ3v) is 6.37. The van der Waals surface area contributed by atoms with Crippen molar-refractivity contribution in [3.05, 3.63) is 35.7 Å². The molecule has 13 heteroatoms. The Bertz CT molecular complexity index is 1240. The number of aryl methyl sites for hydroxylation is 1. The number of rotatable bonds is 6. The van der Waals surface area contributed by atoms with E-state index in [0.29, 0.717) is 24.1 Å². The minimum atomic E-state index is -4.71. The molecule has 166 valence electrons. The van der Waals surface area contributed by atoms with Gasteiger partial charge in [0.1, 0.15) is 6.10 Å². The molecule has 2 N–H and O–H groups in total. The summed E-state index contributed by atoms with van der Waals surface area (Å²) in [5.41, 5.74) is -0.00957. The van der Waals surface area contributed by atoms with E-state index in [1.54, 1.807) is 6.92 Å². The number of hydrogen-bond acceptors (Lipinski definition) is 7. The van der Waals surface area contributed by atoms with E-state index in [1.807, 2.05) is 0 Å². The van der Waals surface area contributed by atoms with Crippen molar-refractivity contribution in [2.75, 3.05) is 12.4 Å². The number of aromatic nitrogens is 4. The van der Waals surface area contributed by atoms with Crippen LogP contribution in [0.1, 0.15) is 30.5 Å². The molecule has 0 radical (unpaired) electrons. The molecular weight excluding hydrogens is 437 g/mol. The van der Waals surface area contributed by atoms with Crippen LogP contribution in [0.2, 0.25) is 0 Å². The van der Waals surface area contributed by atoms with E-state index in [1.165, 1.54) is 25.2 Å². The second-order valence-corrected chi connectivity index (χ2v) is 8.98. The number of nitrogens with zero attached hydrogens (tertiary/aromatic N) is 4. The fraction of sp³-hybridized carbons (Fsp3) is 0.389. The van der Waals surface area contributed by atoms with Gasteiger partial charge in [-0.2, -0.15) is 22.7 Å². The Balaban J connectivity index is 1.70. The molecule has 31 heavy (non-hydrogen) atoms. The van der Waals surface area contributed by atoms with Crippen molar-refractivity contribution in [3.63, 3.8) is 0 Å². The van der Waals surface area contributed by atoms with Crippen molar-refractivity contribution in [3.8, 4) is 5.88 Å². The molecule has 0 atom stereocenters. The molecule has 4 rings (SSSR count). The summed E-state index contributed by atoms with van der Waals surface area (Å²) >= 11 is 0. The van der Waals surface area contributed by atoms with Gasteiger partial charge in [-0.3, -0.25) is 0 Å². The number of ether oxygens (including phenoxy) is 1. The SMILES string of the molecule is CNS(=O)(=O)c1ccc(Nc2nc3cnc(C(F)(F)F)c(OC4CCC4)n3n2)c(C)c1. The van der Waals surface area contributed by atoms with Gasteiger partial charge in [-0.1, -0.05) is 0 Å². The van der Waals surface area contributed by atoms with Crippen LogP contribution in [-0.4, -0.2) is 41.2 Å². The van der Waals surface area contributed by atoms with Crippen molar-refractivity contribution in [1.82, 2.24) is 24.3 Å². The predicted molar refractivity (Wildman–Crippen MR) is 105 cm³/mol. The molecule has 1 aliphatic rings. The van der Waals surface area contributed by atoms with Gasteiger partial charge in [-0.25, -0.2) is 18.1 Å². The van der Waals surface area contributed by atoms with Crippen LogP contribution in [0.15, 0.2) is 29.3 Å². The van der Waals surface area contributed by atoms with Gasteiger partial charge in [0.05, 0.1) is 11.1 Å². The highest BCUT2D eigenvalue weighted by Crippen LogP contribution is 2.37. The summed E-state index contributed by atoms with van der Waals surface area (Å²) in [5.74, 6) is -0.477. The lowest BCUT2D eigenvalue weighted by molar-refractivity contribution is -0.143. The third kappa shape index (κ3) is 4.14. The predicted octanol–water partition coefficient (Wildman–Crippen LogP) is 3.03. The quantitative estimate of drug-likeness (QED) is 0.587. The zero-order chi connectivity index (χ0) is 22.4.